The fourth-order valence-corrected chi connectivity index (χ4v) is 4.64. The first-order valence-corrected chi connectivity index (χ1v) is 11.1. The molecule has 0 heterocycles. The van der Waals surface area contributed by atoms with Crippen LogP contribution in [-0.2, 0) is 4.79 Å². The summed E-state index contributed by atoms with van der Waals surface area (Å²) in [6.07, 6.45) is 5.10. The number of allylic oxidation sites excluding steroid dienone is 1. The summed E-state index contributed by atoms with van der Waals surface area (Å²) in [4.78, 5) is 29.8. The molecule has 6 nitrogen and oxygen atoms in total. The number of hydrogen-bond donors (Lipinski definition) is 2. The highest BCUT2D eigenvalue weighted by Gasteiger charge is 2.36. The number of carbonyl (C=O) groups is 2. The van der Waals surface area contributed by atoms with Crippen molar-refractivity contribution in [3.63, 3.8) is 0 Å². The molecule has 0 aliphatic heterocycles. The Hall–Kier alpha value is -3.51. The van der Waals surface area contributed by atoms with Crippen LogP contribution in [0.3, 0.4) is 0 Å². The first-order chi connectivity index (χ1) is 15.7. The molecule has 0 radical (unpaired) electrons. The molecule has 0 saturated carbocycles. The standard InChI is InChI=1S/C27H29N3O3/c1-16-6-4-5-7-21(16)22-9-8-19(10-17(22)2)27(33)29-26(28)24-12-18(11-20-13-23(20)24)14-30(3)15-25(31)32/h4-10,12-13,18,20H,11,14-15H2,1-3H3,(H,31,32)(H2,28,29,33). The van der Waals surface area contributed by atoms with Crippen molar-refractivity contribution in [3.05, 3.63) is 82.5 Å². The van der Waals surface area contributed by atoms with Crippen molar-refractivity contribution in [1.29, 1.82) is 0 Å². The molecule has 1 amide bonds. The molecule has 2 aliphatic carbocycles. The summed E-state index contributed by atoms with van der Waals surface area (Å²) in [5.41, 5.74) is 13.1. The largest absolute Gasteiger partial charge is 0.480 e. The van der Waals surface area contributed by atoms with Crippen LogP contribution in [0, 0.1) is 25.7 Å². The number of nitrogens with two attached hydrogens (primary N) is 1. The second kappa shape index (κ2) is 9.16. The Morgan fingerprint density at radius 2 is 1.82 bits per heavy atom. The van der Waals surface area contributed by atoms with E-state index in [0.29, 0.717) is 18.0 Å². The summed E-state index contributed by atoms with van der Waals surface area (Å²) in [7, 11) is 1.79. The molecular weight excluding hydrogens is 414 g/mol. The number of aryl methyl sites for hydroxylation is 2. The summed E-state index contributed by atoms with van der Waals surface area (Å²) in [6.45, 7) is 4.68. The van der Waals surface area contributed by atoms with Gasteiger partial charge in [-0.15, -0.1) is 0 Å². The minimum absolute atomic E-state index is 0.00939. The molecule has 0 fully saturated rings. The van der Waals surface area contributed by atoms with Crippen molar-refractivity contribution >= 4 is 17.7 Å². The third-order valence-corrected chi connectivity index (χ3v) is 6.30. The number of amidine groups is 1. The van der Waals surface area contributed by atoms with Crippen molar-refractivity contribution < 1.29 is 14.7 Å². The maximum Gasteiger partial charge on any atom is 0.317 e. The van der Waals surface area contributed by atoms with E-state index >= 15 is 0 Å². The number of carboxylic acids is 1. The van der Waals surface area contributed by atoms with Crippen LogP contribution in [0.1, 0.15) is 27.9 Å². The molecule has 33 heavy (non-hydrogen) atoms. The van der Waals surface area contributed by atoms with E-state index in [2.05, 4.69) is 30.1 Å². The number of nitrogens with zero attached hydrogens (tertiary/aromatic N) is 2. The lowest BCUT2D eigenvalue weighted by Crippen LogP contribution is -2.32. The van der Waals surface area contributed by atoms with E-state index in [1.54, 1.807) is 18.0 Å². The van der Waals surface area contributed by atoms with Gasteiger partial charge in [-0.1, -0.05) is 42.5 Å². The molecule has 2 atom stereocenters. The van der Waals surface area contributed by atoms with Gasteiger partial charge in [-0.3, -0.25) is 14.5 Å². The third kappa shape index (κ3) is 5.12. The zero-order chi connectivity index (χ0) is 23.7. The van der Waals surface area contributed by atoms with E-state index < -0.39 is 5.97 Å². The van der Waals surface area contributed by atoms with Gasteiger partial charge in [0.2, 0.25) is 0 Å². The number of carbonyl (C=O) groups excluding carboxylic acids is 1. The first kappa shape index (κ1) is 22.7. The van der Waals surface area contributed by atoms with E-state index in [1.807, 2.05) is 37.3 Å². The van der Waals surface area contributed by atoms with Gasteiger partial charge in [0.1, 0.15) is 5.84 Å². The van der Waals surface area contributed by atoms with Crippen LogP contribution in [0.25, 0.3) is 11.1 Å². The predicted octanol–water partition coefficient (Wildman–Crippen LogP) is 3.99. The normalized spacial score (nSPS) is 19.6. The molecule has 170 valence electrons. The SMILES string of the molecule is Cc1ccccc1-c1ccc(C(=O)N=C(N)C2=CC(CN(C)CC(=O)O)CC3C=C23)cc1C. The van der Waals surface area contributed by atoms with Gasteiger partial charge in [0.05, 0.1) is 6.54 Å². The van der Waals surface area contributed by atoms with Crippen molar-refractivity contribution in [3.8, 4) is 11.1 Å². The number of aliphatic carboxylic acids is 1. The van der Waals surface area contributed by atoms with Crippen LogP contribution < -0.4 is 5.73 Å². The third-order valence-electron chi connectivity index (χ3n) is 6.30. The maximum absolute atomic E-state index is 12.9. The number of rotatable bonds is 7. The molecule has 0 aromatic heterocycles. The topological polar surface area (TPSA) is 96.0 Å². The average molecular weight is 444 g/mol. The molecule has 4 rings (SSSR count). The van der Waals surface area contributed by atoms with Crippen LogP contribution in [0.4, 0.5) is 0 Å². The van der Waals surface area contributed by atoms with E-state index in [1.165, 1.54) is 5.56 Å². The molecule has 2 aromatic carbocycles. The summed E-state index contributed by atoms with van der Waals surface area (Å²) in [6, 6.07) is 13.8. The van der Waals surface area contributed by atoms with Crippen LogP contribution in [-0.4, -0.2) is 47.9 Å². The molecule has 2 aliphatic rings. The van der Waals surface area contributed by atoms with Gasteiger partial charge in [0.25, 0.3) is 5.91 Å². The Balaban J connectivity index is 1.52. The molecule has 2 unspecified atom stereocenters. The second-order valence-corrected chi connectivity index (χ2v) is 9.04. The summed E-state index contributed by atoms with van der Waals surface area (Å²) < 4.78 is 0. The van der Waals surface area contributed by atoms with Gasteiger partial charge in [-0.2, -0.15) is 4.99 Å². The van der Waals surface area contributed by atoms with E-state index in [-0.39, 0.29) is 24.2 Å². The Labute approximate surface area is 194 Å². The zero-order valence-corrected chi connectivity index (χ0v) is 19.2. The first-order valence-electron chi connectivity index (χ1n) is 11.1. The van der Waals surface area contributed by atoms with Gasteiger partial charge in [-0.25, -0.2) is 0 Å². The fraction of sp³-hybridized carbons (Fsp3) is 0.296. The van der Waals surface area contributed by atoms with Gasteiger partial charge in [0.15, 0.2) is 0 Å². The van der Waals surface area contributed by atoms with Crippen molar-refractivity contribution in [1.82, 2.24) is 4.90 Å². The monoisotopic (exact) mass is 443 g/mol. The highest BCUT2D eigenvalue weighted by molar-refractivity contribution is 6.11. The minimum atomic E-state index is -0.849. The lowest BCUT2D eigenvalue weighted by Gasteiger charge is -2.24. The zero-order valence-electron chi connectivity index (χ0n) is 19.2. The fourth-order valence-electron chi connectivity index (χ4n) is 4.64. The Kier molecular flexibility index (Phi) is 6.29. The Morgan fingerprint density at radius 1 is 1.09 bits per heavy atom. The molecule has 2 aromatic rings. The summed E-state index contributed by atoms with van der Waals surface area (Å²) >= 11 is 0. The van der Waals surface area contributed by atoms with Crippen molar-refractivity contribution in [2.24, 2.45) is 22.6 Å². The van der Waals surface area contributed by atoms with Gasteiger partial charge >= 0.3 is 5.97 Å². The predicted molar refractivity (Wildman–Crippen MR) is 130 cm³/mol. The number of likely N-dealkylation sites (N-methyl/N-ethyl adjacent to an activating group) is 1. The van der Waals surface area contributed by atoms with Crippen molar-refractivity contribution in [2.75, 3.05) is 20.1 Å². The molecule has 6 heteroatoms. The lowest BCUT2D eigenvalue weighted by molar-refractivity contribution is -0.138. The number of carboxylic acid groups (broad SMARTS) is 1. The smallest absolute Gasteiger partial charge is 0.317 e. The highest BCUT2D eigenvalue weighted by Crippen LogP contribution is 2.45. The molecule has 0 bridgehead atoms. The molecule has 3 N–H and O–H groups in total. The number of hydrogen-bond acceptors (Lipinski definition) is 3. The molecule has 0 saturated heterocycles. The summed E-state index contributed by atoms with van der Waals surface area (Å²) in [5.74, 6) is -0.488. The van der Waals surface area contributed by atoms with Crippen molar-refractivity contribution in [2.45, 2.75) is 20.3 Å². The number of aliphatic imine (C=N–C) groups is 1. The van der Waals surface area contributed by atoms with Crippen LogP contribution in [0.15, 0.2) is 70.8 Å². The molecular formula is C27H29N3O3. The Bertz CT molecular complexity index is 1210. The molecule has 0 spiro atoms. The lowest BCUT2D eigenvalue weighted by atomic mass is 9.89. The Morgan fingerprint density at radius 3 is 2.52 bits per heavy atom. The number of amides is 1. The summed E-state index contributed by atoms with van der Waals surface area (Å²) in [5, 5.41) is 8.99. The van der Waals surface area contributed by atoms with Gasteiger partial charge < -0.3 is 10.8 Å². The van der Waals surface area contributed by atoms with E-state index in [4.69, 9.17) is 10.8 Å². The van der Waals surface area contributed by atoms with E-state index in [0.717, 1.165) is 34.3 Å². The second-order valence-electron chi connectivity index (χ2n) is 9.04. The number of benzene rings is 2. The maximum atomic E-state index is 12.9. The van der Waals surface area contributed by atoms with E-state index in [9.17, 15) is 9.59 Å². The number of fused-ring (bicyclic) bond motifs is 1. The van der Waals surface area contributed by atoms with Gasteiger partial charge in [0, 0.05) is 23.6 Å². The van der Waals surface area contributed by atoms with Gasteiger partial charge in [-0.05, 0) is 73.2 Å². The van der Waals surface area contributed by atoms with Crippen LogP contribution >= 0.6 is 0 Å². The average Bonchev–Trinajstić information content (AvgIpc) is 3.52. The highest BCUT2D eigenvalue weighted by atomic mass is 16.4. The minimum Gasteiger partial charge on any atom is -0.480 e. The quantitative estimate of drug-likeness (QED) is 0.498. The van der Waals surface area contributed by atoms with Crippen LogP contribution in [0.5, 0.6) is 0 Å². The van der Waals surface area contributed by atoms with Crippen LogP contribution in [0.2, 0.25) is 0 Å².